The largest absolute Gasteiger partial charge is 0.378 e. The number of halogens is 1. The van der Waals surface area contributed by atoms with Crippen molar-refractivity contribution in [1.82, 2.24) is 10.2 Å². The van der Waals surface area contributed by atoms with Crippen molar-refractivity contribution >= 4 is 24.2 Å². The van der Waals surface area contributed by atoms with Crippen LogP contribution in [0.3, 0.4) is 0 Å². The Hall–Kier alpha value is -1.63. The van der Waals surface area contributed by atoms with Crippen molar-refractivity contribution in [3.8, 4) is 0 Å². The first-order valence-electron chi connectivity index (χ1n) is 8.69. The predicted octanol–water partition coefficient (Wildman–Crippen LogP) is 1.72. The van der Waals surface area contributed by atoms with Crippen molar-refractivity contribution in [1.29, 1.82) is 0 Å². The fraction of sp³-hybridized carbons (Fsp3) is 0.579. The number of nitrogens with one attached hydrogen (secondary N) is 1. The Morgan fingerprint density at radius 2 is 1.92 bits per heavy atom. The van der Waals surface area contributed by atoms with Crippen LogP contribution in [0, 0.1) is 5.41 Å². The molecule has 0 spiro atoms. The summed E-state index contributed by atoms with van der Waals surface area (Å²) in [5.74, 6) is -0.450. The van der Waals surface area contributed by atoms with Crippen LogP contribution in [0.15, 0.2) is 30.3 Å². The Balaban J connectivity index is 0.00000338. The summed E-state index contributed by atoms with van der Waals surface area (Å²) in [6, 6.07) is 9.72. The van der Waals surface area contributed by atoms with Gasteiger partial charge in [0.15, 0.2) is 0 Å². The first-order valence-corrected chi connectivity index (χ1v) is 8.69. The topological polar surface area (TPSA) is 84.7 Å². The minimum Gasteiger partial charge on any atom is -0.378 e. The lowest BCUT2D eigenvalue weighted by atomic mass is 9.54. The van der Waals surface area contributed by atoms with E-state index in [0.717, 1.165) is 5.56 Å². The minimum atomic E-state index is -1.01. The molecule has 1 fully saturated rings. The van der Waals surface area contributed by atoms with E-state index in [1.54, 1.807) is 11.9 Å². The number of benzene rings is 1. The van der Waals surface area contributed by atoms with Gasteiger partial charge in [-0.1, -0.05) is 44.2 Å². The maximum atomic E-state index is 12.5. The molecule has 7 heteroatoms. The van der Waals surface area contributed by atoms with Gasteiger partial charge in [-0.3, -0.25) is 9.59 Å². The highest BCUT2D eigenvalue weighted by Crippen LogP contribution is 2.49. The smallest absolute Gasteiger partial charge is 0.242 e. The summed E-state index contributed by atoms with van der Waals surface area (Å²) in [6.45, 7) is 6.82. The SMILES string of the molecule is CCOC1CC(N)(C(=O)NCC(=O)N(C)Cc2ccccc2)C1(C)C.Cl. The minimum absolute atomic E-state index is 0. The lowest BCUT2D eigenvalue weighted by molar-refractivity contribution is -0.171. The second-order valence-corrected chi connectivity index (χ2v) is 7.26. The summed E-state index contributed by atoms with van der Waals surface area (Å²) in [5, 5.41) is 2.70. The van der Waals surface area contributed by atoms with Gasteiger partial charge in [0.1, 0.15) is 5.54 Å². The normalized spacial score (nSPS) is 23.3. The number of likely N-dealkylation sites (N-methyl/N-ethyl adjacent to an activating group) is 1. The molecule has 2 atom stereocenters. The average molecular weight is 384 g/mol. The average Bonchev–Trinajstić information content (AvgIpc) is 2.59. The molecule has 6 nitrogen and oxygen atoms in total. The Bertz CT molecular complexity index is 624. The van der Waals surface area contributed by atoms with E-state index in [0.29, 0.717) is 19.6 Å². The molecule has 26 heavy (non-hydrogen) atoms. The molecule has 0 aliphatic heterocycles. The van der Waals surface area contributed by atoms with E-state index in [9.17, 15) is 9.59 Å². The molecule has 3 N–H and O–H groups in total. The van der Waals surface area contributed by atoms with E-state index < -0.39 is 11.0 Å². The lowest BCUT2D eigenvalue weighted by Crippen LogP contribution is -2.76. The van der Waals surface area contributed by atoms with Crippen LogP contribution >= 0.6 is 12.4 Å². The van der Waals surface area contributed by atoms with Gasteiger partial charge in [0.05, 0.1) is 12.6 Å². The third-order valence-corrected chi connectivity index (χ3v) is 5.32. The van der Waals surface area contributed by atoms with Crippen LogP contribution in [-0.4, -0.2) is 48.6 Å². The van der Waals surface area contributed by atoms with Crippen LogP contribution in [-0.2, 0) is 20.9 Å². The van der Waals surface area contributed by atoms with Crippen LogP contribution in [0.25, 0.3) is 0 Å². The van der Waals surface area contributed by atoms with Gasteiger partial charge in [-0.2, -0.15) is 0 Å². The van der Waals surface area contributed by atoms with Gasteiger partial charge in [-0.15, -0.1) is 12.4 Å². The summed E-state index contributed by atoms with van der Waals surface area (Å²) < 4.78 is 5.63. The zero-order valence-electron chi connectivity index (χ0n) is 16.0. The summed E-state index contributed by atoms with van der Waals surface area (Å²) in [5.41, 5.74) is 5.88. The molecule has 0 saturated heterocycles. The van der Waals surface area contributed by atoms with Gasteiger partial charge in [0, 0.05) is 32.0 Å². The number of nitrogens with two attached hydrogens (primary N) is 1. The third kappa shape index (κ3) is 4.37. The van der Waals surface area contributed by atoms with Crippen LogP contribution < -0.4 is 11.1 Å². The fourth-order valence-electron chi connectivity index (χ4n) is 3.21. The van der Waals surface area contributed by atoms with E-state index in [2.05, 4.69) is 5.32 Å². The lowest BCUT2D eigenvalue weighted by Gasteiger charge is -2.57. The molecule has 1 aliphatic rings. The van der Waals surface area contributed by atoms with Gasteiger partial charge in [0.2, 0.25) is 11.8 Å². The Kier molecular flexibility index (Phi) is 7.62. The van der Waals surface area contributed by atoms with Crippen molar-refractivity contribution in [3.63, 3.8) is 0 Å². The molecule has 0 bridgehead atoms. The van der Waals surface area contributed by atoms with E-state index in [1.807, 2.05) is 51.1 Å². The van der Waals surface area contributed by atoms with Crippen LogP contribution in [0.5, 0.6) is 0 Å². The quantitative estimate of drug-likeness (QED) is 0.750. The molecule has 146 valence electrons. The number of hydrogen-bond donors (Lipinski definition) is 2. The highest BCUT2D eigenvalue weighted by Gasteiger charge is 2.62. The van der Waals surface area contributed by atoms with Crippen molar-refractivity contribution in [3.05, 3.63) is 35.9 Å². The van der Waals surface area contributed by atoms with Crippen LogP contribution in [0.1, 0.15) is 32.8 Å². The van der Waals surface area contributed by atoms with Gasteiger partial charge in [-0.25, -0.2) is 0 Å². The summed E-state index contributed by atoms with van der Waals surface area (Å²) >= 11 is 0. The highest BCUT2D eigenvalue weighted by atomic mass is 35.5. The third-order valence-electron chi connectivity index (χ3n) is 5.32. The van der Waals surface area contributed by atoms with Crippen molar-refractivity contribution in [2.45, 2.75) is 45.4 Å². The Morgan fingerprint density at radius 1 is 1.31 bits per heavy atom. The van der Waals surface area contributed by atoms with Gasteiger partial charge >= 0.3 is 0 Å². The maximum absolute atomic E-state index is 12.5. The molecular formula is C19H30ClN3O3. The molecular weight excluding hydrogens is 354 g/mol. The molecule has 1 aliphatic carbocycles. The molecule has 0 radical (unpaired) electrons. The summed E-state index contributed by atoms with van der Waals surface area (Å²) in [4.78, 5) is 26.4. The van der Waals surface area contributed by atoms with E-state index in [4.69, 9.17) is 10.5 Å². The fourth-order valence-corrected chi connectivity index (χ4v) is 3.21. The molecule has 0 aromatic heterocycles. The maximum Gasteiger partial charge on any atom is 0.242 e. The number of rotatable bonds is 7. The molecule has 1 aromatic carbocycles. The van der Waals surface area contributed by atoms with Gasteiger partial charge in [-0.05, 0) is 12.5 Å². The predicted molar refractivity (Wildman–Crippen MR) is 104 cm³/mol. The second kappa shape index (κ2) is 8.84. The zero-order chi connectivity index (χ0) is 18.7. The number of carbonyl (C=O) groups is 2. The number of amides is 2. The standard InChI is InChI=1S/C19H29N3O3.ClH/c1-5-25-15-11-19(20,18(15,2)3)17(24)21-12-16(23)22(4)13-14-9-7-6-8-10-14;/h6-10,15H,5,11-13,20H2,1-4H3,(H,21,24);1H. The molecule has 2 amide bonds. The molecule has 2 unspecified atom stereocenters. The summed E-state index contributed by atoms with van der Waals surface area (Å²) in [6.07, 6.45) is 0.429. The monoisotopic (exact) mass is 383 g/mol. The molecule has 2 rings (SSSR count). The van der Waals surface area contributed by atoms with Crippen molar-refractivity contribution in [2.75, 3.05) is 20.2 Å². The first-order chi connectivity index (χ1) is 11.7. The molecule has 1 aromatic rings. The number of hydrogen-bond acceptors (Lipinski definition) is 4. The van der Waals surface area contributed by atoms with Crippen LogP contribution in [0.4, 0.5) is 0 Å². The van der Waals surface area contributed by atoms with Crippen LogP contribution in [0.2, 0.25) is 0 Å². The van der Waals surface area contributed by atoms with E-state index >= 15 is 0 Å². The molecule has 1 saturated carbocycles. The first kappa shape index (κ1) is 22.4. The van der Waals surface area contributed by atoms with E-state index in [-0.39, 0.29) is 36.9 Å². The van der Waals surface area contributed by atoms with Gasteiger partial charge in [0.25, 0.3) is 0 Å². The molecule has 0 heterocycles. The Labute approximate surface area is 161 Å². The number of ether oxygens (including phenoxy) is 1. The summed E-state index contributed by atoms with van der Waals surface area (Å²) in [7, 11) is 1.72. The zero-order valence-corrected chi connectivity index (χ0v) is 16.8. The highest BCUT2D eigenvalue weighted by molar-refractivity contribution is 5.92. The van der Waals surface area contributed by atoms with Gasteiger partial charge < -0.3 is 20.7 Å². The van der Waals surface area contributed by atoms with Crippen molar-refractivity contribution < 1.29 is 14.3 Å². The second-order valence-electron chi connectivity index (χ2n) is 7.26. The van der Waals surface area contributed by atoms with E-state index in [1.165, 1.54) is 0 Å². The number of carbonyl (C=O) groups excluding carboxylic acids is 2. The number of nitrogens with zero attached hydrogens (tertiary/aromatic N) is 1. The Morgan fingerprint density at radius 3 is 2.46 bits per heavy atom. The van der Waals surface area contributed by atoms with Crippen molar-refractivity contribution in [2.24, 2.45) is 11.1 Å².